The molecule has 0 aromatic heterocycles. The zero-order chi connectivity index (χ0) is 8.69. The van der Waals surface area contributed by atoms with Crippen LogP contribution in [-0.4, -0.2) is 19.6 Å². The molecular weight excluding hydrogens is 144 g/mol. The first-order valence-electron chi connectivity index (χ1n) is 3.35. The summed E-state index contributed by atoms with van der Waals surface area (Å²) in [6, 6.07) is 0. The second-order valence-corrected chi connectivity index (χ2v) is 1.98. The summed E-state index contributed by atoms with van der Waals surface area (Å²) >= 11 is 0. The lowest BCUT2D eigenvalue weighted by molar-refractivity contribution is 0.205. The number of methoxy groups -OCH3 is 1. The Morgan fingerprint density at radius 2 is 2.27 bits per heavy atom. The number of allylic oxidation sites excluding steroid dienone is 1. The van der Waals surface area contributed by atoms with Crippen LogP contribution < -0.4 is 5.90 Å². The molecule has 0 aliphatic heterocycles. The maximum atomic E-state index is 4.91. The van der Waals surface area contributed by atoms with Crippen LogP contribution in [0.1, 0.15) is 13.3 Å². The standard InChI is InChI=1S/C7H14N2O2/c1-4-6(2)9-7(11-8)5-10-3/h2,4-5,8H2,1,3H3/b9-7-. The van der Waals surface area contributed by atoms with Crippen molar-refractivity contribution in [1.29, 1.82) is 0 Å². The Morgan fingerprint density at radius 3 is 2.64 bits per heavy atom. The number of hydrogen-bond acceptors (Lipinski definition) is 4. The third-order valence-corrected chi connectivity index (χ3v) is 1.09. The lowest BCUT2D eigenvalue weighted by Crippen LogP contribution is -2.16. The third-order valence-electron chi connectivity index (χ3n) is 1.09. The quantitative estimate of drug-likeness (QED) is 0.375. The molecule has 4 nitrogen and oxygen atoms in total. The van der Waals surface area contributed by atoms with E-state index in [1.165, 1.54) is 0 Å². The van der Waals surface area contributed by atoms with Gasteiger partial charge in [0.2, 0.25) is 5.90 Å². The van der Waals surface area contributed by atoms with Gasteiger partial charge < -0.3 is 9.57 Å². The van der Waals surface area contributed by atoms with Crippen LogP contribution in [0, 0.1) is 0 Å². The van der Waals surface area contributed by atoms with Crippen molar-refractivity contribution in [2.75, 3.05) is 13.7 Å². The van der Waals surface area contributed by atoms with Crippen LogP contribution in [0.15, 0.2) is 17.3 Å². The average Bonchev–Trinajstić information content (AvgIpc) is 2.03. The van der Waals surface area contributed by atoms with Crippen LogP contribution in [0.3, 0.4) is 0 Å². The van der Waals surface area contributed by atoms with Gasteiger partial charge in [0.1, 0.15) is 6.61 Å². The van der Waals surface area contributed by atoms with Gasteiger partial charge >= 0.3 is 0 Å². The molecule has 0 aliphatic rings. The number of ether oxygens (including phenoxy) is 1. The van der Waals surface area contributed by atoms with Crippen LogP contribution in [0.25, 0.3) is 0 Å². The van der Waals surface area contributed by atoms with E-state index in [1.54, 1.807) is 7.11 Å². The lowest BCUT2D eigenvalue weighted by atomic mass is 10.4. The van der Waals surface area contributed by atoms with Crippen molar-refractivity contribution in [3.8, 4) is 0 Å². The minimum Gasteiger partial charge on any atom is -0.393 e. The number of aliphatic imine (C=N–C) groups is 1. The molecule has 64 valence electrons. The van der Waals surface area contributed by atoms with E-state index in [4.69, 9.17) is 10.6 Å². The molecule has 0 fully saturated rings. The molecule has 4 heteroatoms. The normalized spacial score (nSPS) is 11.4. The summed E-state index contributed by atoms with van der Waals surface area (Å²) in [6.07, 6.45) is 0.774. The Labute approximate surface area is 66.7 Å². The summed E-state index contributed by atoms with van der Waals surface area (Å²) in [4.78, 5) is 8.38. The van der Waals surface area contributed by atoms with Crippen molar-refractivity contribution in [3.63, 3.8) is 0 Å². The second-order valence-electron chi connectivity index (χ2n) is 1.98. The number of rotatable bonds is 4. The van der Waals surface area contributed by atoms with Gasteiger partial charge in [-0.1, -0.05) is 13.5 Å². The van der Waals surface area contributed by atoms with Crippen molar-refractivity contribution in [2.24, 2.45) is 10.9 Å². The number of hydrogen-bond donors (Lipinski definition) is 1. The van der Waals surface area contributed by atoms with Gasteiger partial charge in [-0.15, -0.1) is 0 Å². The molecule has 0 rings (SSSR count). The van der Waals surface area contributed by atoms with Gasteiger partial charge in [0, 0.05) is 12.8 Å². The Balaban J connectivity index is 3.99. The maximum absolute atomic E-state index is 4.91. The van der Waals surface area contributed by atoms with E-state index >= 15 is 0 Å². The van der Waals surface area contributed by atoms with Crippen molar-refractivity contribution in [2.45, 2.75) is 13.3 Å². The SMILES string of the molecule is C=C(CC)/N=C(/COC)ON. The molecule has 0 aromatic rings. The predicted molar refractivity (Wildman–Crippen MR) is 44.0 cm³/mol. The zero-order valence-electron chi connectivity index (χ0n) is 6.96. The molecule has 0 aromatic carbocycles. The first kappa shape index (κ1) is 10.1. The van der Waals surface area contributed by atoms with Crippen LogP contribution in [0.2, 0.25) is 0 Å². The molecule has 0 aliphatic carbocycles. The third kappa shape index (κ3) is 4.52. The molecule has 0 spiro atoms. The van der Waals surface area contributed by atoms with E-state index in [9.17, 15) is 0 Å². The van der Waals surface area contributed by atoms with E-state index in [1.807, 2.05) is 6.92 Å². The second kappa shape index (κ2) is 5.88. The molecule has 11 heavy (non-hydrogen) atoms. The van der Waals surface area contributed by atoms with Crippen LogP contribution in [0.5, 0.6) is 0 Å². The Morgan fingerprint density at radius 1 is 1.64 bits per heavy atom. The van der Waals surface area contributed by atoms with Gasteiger partial charge in [-0.05, 0) is 6.42 Å². The molecule has 0 unspecified atom stereocenters. The maximum Gasteiger partial charge on any atom is 0.239 e. The molecular formula is C7H14N2O2. The van der Waals surface area contributed by atoms with Crippen LogP contribution in [0.4, 0.5) is 0 Å². The summed E-state index contributed by atoms with van der Waals surface area (Å²) in [5, 5.41) is 0. The van der Waals surface area contributed by atoms with Gasteiger partial charge in [-0.25, -0.2) is 4.99 Å². The fraction of sp³-hybridized carbons (Fsp3) is 0.571. The molecule has 0 amide bonds. The molecule has 0 saturated carbocycles. The monoisotopic (exact) mass is 158 g/mol. The topological polar surface area (TPSA) is 56.8 Å². The summed E-state index contributed by atoms with van der Waals surface area (Å²) in [7, 11) is 1.54. The Hall–Kier alpha value is -0.870. The van der Waals surface area contributed by atoms with Crippen molar-refractivity contribution < 1.29 is 9.57 Å². The van der Waals surface area contributed by atoms with E-state index in [-0.39, 0.29) is 6.61 Å². The van der Waals surface area contributed by atoms with Gasteiger partial charge in [-0.3, -0.25) is 0 Å². The minimum absolute atomic E-state index is 0.273. The highest BCUT2D eigenvalue weighted by molar-refractivity contribution is 5.78. The van der Waals surface area contributed by atoms with Crippen LogP contribution in [-0.2, 0) is 9.57 Å². The highest BCUT2D eigenvalue weighted by Crippen LogP contribution is 1.98. The van der Waals surface area contributed by atoms with Gasteiger partial charge in [0.25, 0.3) is 0 Å². The smallest absolute Gasteiger partial charge is 0.239 e. The summed E-state index contributed by atoms with van der Waals surface area (Å²) in [5.74, 6) is 5.26. The highest BCUT2D eigenvalue weighted by Gasteiger charge is 1.97. The molecule has 2 N–H and O–H groups in total. The van der Waals surface area contributed by atoms with E-state index < -0.39 is 0 Å². The highest BCUT2D eigenvalue weighted by atomic mass is 16.6. The number of nitrogens with two attached hydrogens (primary N) is 1. The fourth-order valence-corrected chi connectivity index (χ4v) is 0.472. The summed E-state index contributed by atoms with van der Waals surface area (Å²) < 4.78 is 4.76. The molecule has 0 radical (unpaired) electrons. The molecule has 0 atom stereocenters. The molecule has 0 saturated heterocycles. The fourth-order valence-electron chi connectivity index (χ4n) is 0.472. The molecule has 0 heterocycles. The molecule has 0 bridgehead atoms. The van der Waals surface area contributed by atoms with E-state index in [2.05, 4.69) is 16.4 Å². The Kier molecular flexibility index (Phi) is 5.42. The summed E-state index contributed by atoms with van der Waals surface area (Å²) in [5.41, 5.74) is 0.725. The predicted octanol–water partition coefficient (Wildman–Crippen LogP) is 0.845. The van der Waals surface area contributed by atoms with Gasteiger partial charge in [-0.2, -0.15) is 5.90 Å². The van der Waals surface area contributed by atoms with Crippen LogP contribution >= 0.6 is 0 Å². The van der Waals surface area contributed by atoms with E-state index in [0.717, 1.165) is 12.1 Å². The minimum atomic E-state index is 0.273. The first-order chi connectivity index (χ1) is 5.24. The van der Waals surface area contributed by atoms with E-state index in [0.29, 0.717) is 5.90 Å². The van der Waals surface area contributed by atoms with Crippen molar-refractivity contribution in [1.82, 2.24) is 0 Å². The van der Waals surface area contributed by atoms with Crippen molar-refractivity contribution in [3.05, 3.63) is 12.3 Å². The Bertz CT molecular complexity index is 155. The summed E-state index contributed by atoms with van der Waals surface area (Å²) in [6.45, 7) is 5.89. The van der Waals surface area contributed by atoms with Gasteiger partial charge in [0.05, 0.1) is 0 Å². The number of nitrogens with zero attached hydrogens (tertiary/aromatic N) is 1. The zero-order valence-corrected chi connectivity index (χ0v) is 6.96. The van der Waals surface area contributed by atoms with Gasteiger partial charge in [0.15, 0.2) is 0 Å². The van der Waals surface area contributed by atoms with Crippen molar-refractivity contribution >= 4 is 5.90 Å². The lowest BCUT2D eigenvalue weighted by Gasteiger charge is -2.02. The first-order valence-corrected chi connectivity index (χ1v) is 3.35. The largest absolute Gasteiger partial charge is 0.393 e. The average molecular weight is 158 g/mol.